The van der Waals surface area contributed by atoms with Gasteiger partial charge >= 0.3 is 25.5 Å². The van der Waals surface area contributed by atoms with Gasteiger partial charge in [0, 0.05) is 32.1 Å². The molecule has 3 N–H and O–H groups in total. The number of esters is 3. The Labute approximate surface area is 418 Å². The van der Waals surface area contributed by atoms with Crippen LogP contribution < -0.4 is 0 Å². The zero-order valence-corrected chi connectivity index (χ0v) is 44.5. The molecule has 0 atom stereocenters. The largest absolute Gasteiger partial charge is 0.464 e. The predicted molar refractivity (Wildman–Crippen MR) is 270 cm³/mol. The summed E-state index contributed by atoms with van der Waals surface area (Å²) < 4.78 is 51.3. The molecule has 0 aromatic carbocycles. The number of aliphatic hydroxyl groups excluding tert-OH is 3. The molecule has 19 heteroatoms. The molecule has 0 aliphatic heterocycles. The van der Waals surface area contributed by atoms with Gasteiger partial charge in [-0.1, -0.05) is 93.5 Å². The van der Waals surface area contributed by atoms with Crippen molar-refractivity contribution < 1.29 is 76.5 Å². The molecule has 0 unspecified atom stereocenters. The standard InChI is InChI=1S/C15H25O6P.C11H16O4.C8H12O3.C7H13BrO.C4H6O.C3H5BrO/c1-4-19-15(16)14-18-12-10-8-7-9-11-13-22(17,20-5-2)21-6-3;1-2-15-11(13)10-14-9-7-5-3-4-6-8-12;1-3-5-6-10-7-8(9)11-4-2;1-2-3-4-5-7(9)6-8;1-2-3-4-5;4-2-1-3-5/h9,11H,4-6,10,12-14H2,1-3H3;4,6,12H,2,7-10H2,1H3;1H,4-7H2,2H3;2-6H2,1H3;1,5H,3-4H2;1-2,5H,3H2/b11-9+;6-4+;;;;2-1+. The first-order valence-corrected chi connectivity index (χ1v) is 25.5. The van der Waals surface area contributed by atoms with E-state index < -0.39 is 7.60 Å². The van der Waals surface area contributed by atoms with E-state index in [2.05, 4.69) is 83.8 Å². The van der Waals surface area contributed by atoms with Crippen LogP contribution in [0.1, 0.15) is 92.9 Å². The molecule has 16 nitrogen and oxygen atoms in total. The summed E-state index contributed by atoms with van der Waals surface area (Å²) in [4.78, 5) is 44.6. The van der Waals surface area contributed by atoms with Gasteiger partial charge in [0.2, 0.25) is 0 Å². The topological polar surface area (TPSA) is 220 Å². The minimum atomic E-state index is -3.03. The number of carbonyl (C=O) groups excluding carboxylic acids is 4. The van der Waals surface area contributed by atoms with E-state index in [4.69, 9.17) is 56.2 Å². The molecule has 0 aliphatic rings. The molecule has 0 saturated heterocycles. The van der Waals surface area contributed by atoms with Gasteiger partial charge in [-0.2, -0.15) is 0 Å². The lowest BCUT2D eigenvalue weighted by atomic mass is 10.2. The van der Waals surface area contributed by atoms with Gasteiger partial charge in [-0.25, -0.2) is 14.4 Å². The van der Waals surface area contributed by atoms with Crippen molar-refractivity contribution in [2.45, 2.75) is 92.9 Å². The number of rotatable bonds is 29. The van der Waals surface area contributed by atoms with Crippen LogP contribution in [0.25, 0.3) is 0 Å². The molecule has 0 aliphatic carbocycles. The fraction of sp³-hybridized carbons (Fsp3) is 0.625. The lowest BCUT2D eigenvalue weighted by Crippen LogP contribution is -2.12. The van der Waals surface area contributed by atoms with Crippen molar-refractivity contribution in [3.05, 3.63) is 35.4 Å². The van der Waals surface area contributed by atoms with Crippen molar-refractivity contribution in [2.75, 3.05) is 104 Å². The highest BCUT2D eigenvalue weighted by atomic mass is 79.9. The zero-order chi connectivity index (χ0) is 51.9. The molecular weight excluding hydrogens is 1020 g/mol. The second-order valence-electron chi connectivity index (χ2n) is 11.6. The summed E-state index contributed by atoms with van der Waals surface area (Å²) in [6.45, 7) is 14.0. The van der Waals surface area contributed by atoms with Gasteiger partial charge < -0.3 is 52.8 Å². The van der Waals surface area contributed by atoms with Gasteiger partial charge in [-0.05, 0) is 58.2 Å². The Morgan fingerprint density at radius 3 is 1.36 bits per heavy atom. The molecule has 67 heavy (non-hydrogen) atoms. The summed E-state index contributed by atoms with van der Waals surface area (Å²) in [5.74, 6) is 15.1. The van der Waals surface area contributed by atoms with E-state index >= 15 is 0 Å². The second-order valence-corrected chi connectivity index (χ2v) is 14.8. The molecule has 384 valence electrons. The molecular formula is C48H77Br2O16P. The van der Waals surface area contributed by atoms with Crippen LogP contribution in [-0.2, 0) is 61.2 Å². The monoisotopic (exact) mass is 1100 g/mol. The molecule has 0 bridgehead atoms. The van der Waals surface area contributed by atoms with Crippen LogP contribution in [0.2, 0.25) is 0 Å². The highest BCUT2D eigenvalue weighted by molar-refractivity contribution is 9.11. The first-order valence-electron chi connectivity index (χ1n) is 21.7. The molecule has 0 amide bonds. The van der Waals surface area contributed by atoms with Crippen molar-refractivity contribution >= 4 is 63.1 Å². The van der Waals surface area contributed by atoms with Crippen molar-refractivity contribution in [3.8, 4) is 48.4 Å². The summed E-state index contributed by atoms with van der Waals surface area (Å²) in [5.41, 5.74) is 0. The zero-order valence-electron chi connectivity index (χ0n) is 40.4. The van der Waals surface area contributed by atoms with Gasteiger partial charge in [-0.15, -0.1) is 24.7 Å². The number of ketones is 1. The minimum absolute atomic E-state index is 0.00444. The number of hydrogen-bond acceptors (Lipinski definition) is 16. The minimum Gasteiger partial charge on any atom is -0.464 e. The number of aliphatic hydroxyl groups is 3. The maximum Gasteiger partial charge on any atom is 0.334 e. The summed E-state index contributed by atoms with van der Waals surface area (Å²) >= 11 is 6.09. The lowest BCUT2D eigenvalue weighted by molar-refractivity contribution is -0.149. The Morgan fingerprint density at radius 1 is 0.612 bits per heavy atom. The number of Topliss-reactive ketones (excluding diaryl/α,β-unsaturated/α-hetero) is 1. The molecule has 0 aromatic heterocycles. The maximum atomic E-state index is 12.1. The SMILES string of the molecule is C#CCCO.C#CCCOCC(=O)OCC.CCCCCC(=O)CBr.CCOC(=O)COCCC#C/C=C/CO.CCOC(=O)COCCC#C/C=C/CP(=O)(OCC)OCC.OC/C=C/Br. The highest BCUT2D eigenvalue weighted by Gasteiger charge is 2.20. The second kappa shape index (κ2) is 69.0. The predicted octanol–water partition coefficient (Wildman–Crippen LogP) is 7.30. The molecule has 0 spiro atoms. The number of halogens is 2. The average Bonchev–Trinajstić information content (AvgIpc) is 3.30. The van der Waals surface area contributed by atoms with Crippen LogP contribution in [0, 0.1) is 48.4 Å². The van der Waals surface area contributed by atoms with E-state index in [1.54, 1.807) is 70.0 Å². The van der Waals surface area contributed by atoms with Crippen LogP contribution in [0.15, 0.2) is 35.4 Å². The molecule has 0 radical (unpaired) electrons. The number of alkyl halides is 1. The number of ether oxygens (including phenoxy) is 6. The van der Waals surface area contributed by atoms with E-state index in [9.17, 15) is 23.7 Å². The Balaban J connectivity index is -0.000000180. The summed E-state index contributed by atoms with van der Waals surface area (Å²) in [6, 6.07) is 0. The molecule has 0 saturated carbocycles. The van der Waals surface area contributed by atoms with E-state index in [1.807, 2.05) is 0 Å². The van der Waals surface area contributed by atoms with Gasteiger partial charge in [-0.3, -0.25) is 9.36 Å². The van der Waals surface area contributed by atoms with Crippen LogP contribution >= 0.6 is 39.5 Å². The Hall–Kier alpha value is -3.59. The third kappa shape index (κ3) is 79.8. The number of terminal acetylenes is 2. The van der Waals surface area contributed by atoms with Crippen molar-refractivity contribution in [1.82, 2.24) is 0 Å². The number of carbonyl (C=O) groups is 4. The van der Waals surface area contributed by atoms with Crippen LogP contribution in [0.5, 0.6) is 0 Å². The van der Waals surface area contributed by atoms with E-state index in [-0.39, 0.29) is 63.7 Å². The van der Waals surface area contributed by atoms with Gasteiger partial charge in [0.1, 0.15) is 25.6 Å². The fourth-order valence-electron chi connectivity index (χ4n) is 3.35. The van der Waals surface area contributed by atoms with Crippen LogP contribution in [-0.4, -0.2) is 143 Å². The highest BCUT2D eigenvalue weighted by Crippen LogP contribution is 2.47. The number of hydrogen-bond donors (Lipinski definition) is 3. The normalized spacial score (nSPS) is 9.81. The first-order chi connectivity index (χ1) is 32.3. The summed E-state index contributed by atoms with van der Waals surface area (Å²) in [7, 11) is -3.03. The molecule has 0 heterocycles. The molecule has 0 aromatic rings. The Morgan fingerprint density at radius 2 is 1.04 bits per heavy atom. The van der Waals surface area contributed by atoms with E-state index in [0.717, 1.165) is 12.8 Å². The maximum absolute atomic E-state index is 12.1. The van der Waals surface area contributed by atoms with Crippen molar-refractivity contribution in [1.29, 1.82) is 0 Å². The summed E-state index contributed by atoms with van der Waals surface area (Å²) in [6.07, 6.45) is 24.1. The first kappa shape index (κ1) is 74.9. The lowest BCUT2D eigenvalue weighted by Gasteiger charge is -2.14. The number of allylic oxidation sites excluding steroid dienone is 3. The number of unbranched alkanes of at least 4 members (excludes halogenated alkanes) is 2. The van der Waals surface area contributed by atoms with Crippen molar-refractivity contribution in [3.63, 3.8) is 0 Å². The van der Waals surface area contributed by atoms with E-state index in [0.29, 0.717) is 89.7 Å². The molecule has 0 fully saturated rings. The van der Waals surface area contributed by atoms with Gasteiger partial charge in [0.05, 0.1) is 84.2 Å². The van der Waals surface area contributed by atoms with Gasteiger partial charge in [0.15, 0.2) is 0 Å². The fourth-order valence-corrected chi connectivity index (χ4v) is 5.23. The van der Waals surface area contributed by atoms with Gasteiger partial charge in [0.25, 0.3) is 0 Å². The third-order valence-electron chi connectivity index (χ3n) is 6.06. The Kier molecular flexibility index (Phi) is 77.2. The van der Waals surface area contributed by atoms with E-state index in [1.165, 1.54) is 12.8 Å². The molecule has 0 rings (SSSR count). The van der Waals surface area contributed by atoms with Crippen molar-refractivity contribution in [2.24, 2.45) is 0 Å². The van der Waals surface area contributed by atoms with Crippen LogP contribution in [0.3, 0.4) is 0 Å². The smallest absolute Gasteiger partial charge is 0.334 e. The Bertz CT molecular complexity index is 1490. The average molecular weight is 1100 g/mol. The van der Waals surface area contributed by atoms with Crippen LogP contribution in [0.4, 0.5) is 0 Å². The third-order valence-corrected chi connectivity index (χ3v) is 9.02. The summed E-state index contributed by atoms with van der Waals surface area (Å²) in [5, 5.41) is 24.8. The quantitative estimate of drug-likeness (QED) is 0.0167.